The Bertz CT molecular complexity index is 365. The fourth-order valence-electron chi connectivity index (χ4n) is 2.13. The van der Waals surface area contributed by atoms with E-state index in [2.05, 4.69) is 42.3 Å². The number of nitrogens with zero attached hydrogens (tertiary/aromatic N) is 2. The topological polar surface area (TPSA) is 27.0 Å². The number of hydrogen-bond acceptors (Lipinski definition) is 2. The molecule has 0 spiro atoms. The van der Waals surface area contributed by atoms with Crippen molar-refractivity contribution in [2.45, 2.75) is 18.9 Å². The van der Waals surface area contributed by atoms with Crippen molar-refractivity contribution in [3.63, 3.8) is 0 Å². The van der Waals surface area contributed by atoms with Crippen LogP contribution in [0.4, 0.5) is 0 Å². The standard InChI is InChI=1S/C12H14N2/c1-14-9-7-10-4-2-3-5-11(10)12(14)6-8-13/h2-5,12H,6-7,9H2,1H3. The number of fused-ring (bicyclic) bond motifs is 1. The lowest BCUT2D eigenvalue weighted by Crippen LogP contribution is -2.31. The summed E-state index contributed by atoms with van der Waals surface area (Å²) in [7, 11) is 2.10. The van der Waals surface area contributed by atoms with Crippen LogP contribution in [0, 0.1) is 11.3 Å². The summed E-state index contributed by atoms with van der Waals surface area (Å²) in [5.41, 5.74) is 2.74. The highest BCUT2D eigenvalue weighted by Gasteiger charge is 2.23. The van der Waals surface area contributed by atoms with Gasteiger partial charge >= 0.3 is 0 Å². The summed E-state index contributed by atoms with van der Waals surface area (Å²) in [6, 6.07) is 11.0. The molecule has 0 amide bonds. The number of hydrogen-bond donors (Lipinski definition) is 0. The van der Waals surface area contributed by atoms with Gasteiger partial charge in [0.05, 0.1) is 12.5 Å². The molecule has 1 heterocycles. The third-order valence-electron chi connectivity index (χ3n) is 2.96. The minimum Gasteiger partial charge on any atom is -0.298 e. The largest absolute Gasteiger partial charge is 0.298 e. The van der Waals surface area contributed by atoms with Crippen LogP contribution in [0.25, 0.3) is 0 Å². The highest BCUT2D eigenvalue weighted by atomic mass is 15.1. The van der Waals surface area contributed by atoms with Crippen LogP contribution in [0.3, 0.4) is 0 Å². The van der Waals surface area contributed by atoms with E-state index in [9.17, 15) is 0 Å². The second kappa shape index (κ2) is 3.81. The van der Waals surface area contributed by atoms with E-state index < -0.39 is 0 Å². The fraction of sp³-hybridized carbons (Fsp3) is 0.417. The van der Waals surface area contributed by atoms with E-state index in [4.69, 9.17) is 5.26 Å². The maximum atomic E-state index is 8.79. The SMILES string of the molecule is CN1CCc2ccccc2C1CC#N. The van der Waals surface area contributed by atoms with E-state index in [0.29, 0.717) is 12.5 Å². The molecular weight excluding hydrogens is 172 g/mol. The smallest absolute Gasteiger partial charge is 0.0641 e. The molecule has 0 radical (unpaired) electrons. The van der Waals surface area contributed by atoms with Crippen LogP contribution in [0.1, 0.15) is 23.6 Å². The van der Waals surface area contributed by atoms with E-state index in [1.165, 1.54) is 11.1 Å². The Labute approximate surface area is 84.8 Å². The van der Waals surface area contributed by atoms with E-state index in [0.717, 1.165) is 13.0 Å². The van der Waals surface area contributed by atoms with Crippen LogP contribution in [0.5, 0.6) is 0 Å². The van der Waals surface area contributed by atoms with E-state index in [1.807, 2.05) is 0 Å². The van der Waals surface area contributed by atoms with Crippen LogP contribution < -0.4 is 0 Å². The summed E-state index contributed by atoms with van der Waals surface area (Å²) >= 11 is 0. The van der Waals surface area contributed by atoms with Crippen molar-refractivity contribution in [2.75, 3.05) is 13.6 Å². The maximum Gasteiger partial charge on any atom is 0.0641 e. The molecule has 0 bridgehead atoms. The fourth-order valence-corrected chi connectivity index (χ4v) is 2.13. The van der Waals surface area contributed by atoms with E-state index >= 15 is 0 Å². The van der Waals surface area contributed by atoms with Crippen LogP contribution >= 0.6 is 0 Å². The Hall–Kier alpha value is -1.33. The van der Waals surface area contributed by atoms with E-state index in [-0.39, 0.29) is 0 Å². The van der Waals surface area contributed by atoms with Gasteiger partial charge in [-0.1, -0.05) is 24.3 Å². The van der Waals surface area contributed by atoms with E-state index in [1.54, 1.807) is 0 Å². The third-order valence-corrected chi connectivity index (χ3v) is 2.96. The Balaban J connectivity index is 2.37. The van der Waals surface area contributed by atoms with Crippen LogP contribution in [-0.4, -0.2) is 18.5 Å². The first-order valence-corrected chi connectivity index (χ1v) is 4.98. The molecule has 1 aromatic carbocycles. The van der Waals surface area contributed by atoms with Gasteiger partial charge in [0.2, 0.25) is 0 Å². The summed E-state index contributed by atoms with van der Waals surface area (Å²) in [4.78, 5) is 2.27. The molecule has 0 aliphatic carbocycles. The van der Waals surface area contributed by atoms with Crippen molar-refractivity contribution in [2.24, 2.45) is 0 Å². The zero-order chi connectivity index (χ0) is 9.97. The first-order valence-electron chi connectivity index (χ1n) is 4.98. The predicted molar refractivity (Wildman–Crippen MR) is 55.7 cm³/mol. The number of benzene rings is 1. The molecule has 1 atom stereocenters. The van der Waals surface area contributed by atoms with Crippen molar-refractivity contribution < 1.29 is 0 Å². The minimum absolute atomic E-state index is 0.296. The molecule has 0 aromatic heterocycles. The Morgan fingerprint density at radius 1 is 1.50 bits per heavy atom. The van der Waals surface area contributed by atoms with Gasteiger partial charge in [-0.05, 0) is 24.6 Å². The van der Waals surface area contributed by atoms with Gasteiger partial charge in [-0.25, -0.2) is 0 Å². The first kappa shape index (κ1) is 9.23. The molecular formula is C12H14N2. The summed E-state index contributed by atoms with van der Waals surface area (Å²) in [5, 5.41) is 8.79. The van der Waals surface area contributed by atoms with Gasteiger partial charge in [-0.3, -0.25) is 4.90 Å². The quantitative estimate of drug-likeness (QED) is 0.671. The van der Waals surface area contributed by atoms with Gasteiger partial charge in [0.25, 0.3) is 0 Å². The Morgan fingerprint density at radius 3 is 3.07 bits per heavy atom. The van der Waals surface area contributed by atoms with Crippen molar-refractivity contribution in [1.82, 2.24) is 4.90 Å². The molecule has 0 saturated heterocycles. The first-order chi connectivity index (χ1) is 6.83. The van der Waals surface area contributed by atoms with Crippen LogP contribution in [0.2, 0.25) is 0 Å². The van der Waals surface area contributed by atoms with Crippen molar-refractivity contribution in [3.05, 3.63) is 35.4 Å². The summed E-state index contributed by atoms with van der Waals surface area (Å²) in [6.07, 6.45) is 1.70. The lowest BCUT2D eigenvalue weighted by Gasteiger charge is -2.33. The molecule has 1 aromatic rings. The van der Waals surface area contributed by atoms with Gasteiger partial charge in [0.15, 0.2) is 0 Å². The van der Waals surface area contributed by atoms with Crippen LogP contribution in [0.15, 0.2) is 24.3 Å². The molecule has 72 valence electrons. The number of nitriles is 1. The summed E-state index contributed by atoms with van der Waals surface area (Å²) in [5.74, 6) is 0. The zero-order valence-corrected chi connectivity index (χ0v) is 8.40. The molecule has 0 saturated carbocycles. The maximum absolute atomic E-state index is 8.79. The average molecular weight is 186 g/mol. The second-order valence-electron chi connectivity index (χ2n) is 3.81. The summed E-state index contributed by atoms with van der Waals surface area (Å²) in [6.45, 7) is 1.06. The van der Waals surface area contributed by atoms with Crippen molar-refractivity contribution in [1.29, 1.82) is 5.26 Å². The van der Waals surface area contributed by atoms with Gasteiger partial charge < -0.3 is 0 Å². The lowest BCUT2D eigenvalue weighted by atomic mass is 9.91. The van der Waals surface area contributed by atoms with Crippen molar-refractivity contribution >= 4 is 0 Å². The molecule has 2 heteroatoms. The molecule has 1 aliphatic heterocycles. The van der Waals surface area contributed by atoms with Gasteiger partial charge in [0, 0.05) is 12.6 Å². The molecule has 1 unspecified atom stereocenters. The van der Waals surface area contributed by atoms with Gasteiger partial charge in [0.1, 0.15) is 0 Å². The summed E-state index contributed by atoms with van der Waals surface area (Å²) < 4.78 is 0. The number of rotatable bonds is 1. The normalized spacial score (nSPS) is 21.3. The minimum atomic E-state index is 0.296. The lowest BCUT2D eigenvalue weighted by molar-refractivity contribution is 0.234. The third kappa shape index (κ3) is 1.51. The Kier molecular flexibility index (Phi) is 2.51. The number of likely N-dealkylation sites (N-methyl/N-ethyl adjacent to an activating group) is 1. The molecule has 0 fully saturated rings. The predicted octanol–water partition coefficient (Wildman–Crippen LogP) is 2.13. The average Bonchev–Trinajstić information content (AvgIpc) is 2.23. The molecule has 2 rings (SSSR count). The molecule has 0 N–H and O–H groups in total. The molecule has 14 heavy (non-hydrogen) atoms. The Morgan fingerprint density at radius 2 is 2.29 bits per heavy atom. The zero-order valence-electron chi connectivity index (χ0n) is 8.40. The monoisotopic (exact) mass is 186 g/mol. The second-order valence-corrected chi connectivity index (χ2v) is 3.81. The highest BCUT2D eigenvalue weighted by Crippen LogP contribution is 2.30. The van der Waals surface area contributed by atoms with Gasteiger partial charge in [-0.2, -0.15) is 5.26 Å². The van der Waals surface area contributed by atoms with Crippen molar-refractivity contribution in [3.8, 4) is 6.07 Å². The molecule has 2 nitrogen and oxygen atoms in total. The van der Waals surface area contributed by atoms with Gasteiger partial charge in [-0.15, -0.1) is 0 Å². The van der Waals surface area contributed by atoms with Crippen LogP contribution in [-0.2, 0) is 6.42 Å². The highest BCUT2D eigenvalue weighted by molar-refractivity contribution is 5.32. The molecule has 1 aliphatic rings.